The van der Waals surface area contributed by atoms with Gasteiger partial charge in [0.15, 0.2) is 5.82 Å². The van der Waals surface area contributed by atoms with Gasteiger partial charge in [0.25, 0.3) is 0 Å². The maximum Gasteiger partial charge on any atom is 0.169 e. The molecule has 0 radical (unpaired) electrons. The average molecular weight is 374 g/mol. The van der Waals surface area contributed by atoms with E-state index in [1.54, 1.807) is 0 Å². The molecule has 3 aliphatic heterocycles. The molecule has 3 fully saturated rings. The van der Waals surface area contributed by atoms with E-state index in [-0.39, 0.29) is 0 Å². The lowest BCUT2D eigenvalue weighted by atomic mass is 9.86. The number of anilines is 3. The van der Waals surface area contributed by atoms with Crippen LogP contribution in [0.1, 0.15) is 20.3 Å². The number of fused-ring (bicyclic) bond motifs is 2. The summed E-state index contributed by atoms with van der Waals surface area (Å²) in [6.45, 7) is 5.89. The van der Waals surface area contributed by atoms with Crippen LogP contribution in [0.3, 0.4) is 0 Å². The molecule has 0 amide bonds. The van der Waals surface area contributed by atoms with Gasteiger partial charge in [0, 0.05) is 48.8 Å². The first kappa shape index (κ1) is 18.2. The molecule has 2 bridgehead atoms. The molecule has 2 N–H and O–H groups in total. The maximum atomic E-state index is 6.17. The lowest BCUT2D eigenvalue weighted by Crippen LogP contribution is -2.69. The number of nitrogens with zero attached hydrogens (tertiary/aromatic N) is 5. The molecular formula is C22H26N6. The number of hydrogen-bond donors (Lipinski definition) is 1. The third-order valence-electron chi connectivity index (χ3n) is 5.37. The maximum absolute atomic E-state index is 6.17. The van der Waals surface area contributed by atoms with Crippen molar-refractivity contribution in [3.05, 3.63) is 60.9 Å². The first-order valence-electron chi connectivity index (χ1n) is 9.91. The molecule has 2 unspecified atom stereocenters. The van der Waals surface area contributed by atoms with Crippen molar-refractivity contribution < 1.29 is 0 Å². The zero-order valence-electron chi connectivity index (χ0n) is 16.4. The standard InChI is InChI=1S/C20H20N6.C2H6/c21-20-19(11-18(23-24-20)14-4-2-1-3-5-14)25-12-16-10-17(13-25)26(16)15-6-8-22-9-7-15;1-2/h1-9,11,16-17H,10,12-13H2,(H2,21,24);1-2H3. The Morgan fingerprint density at radius 3 is 2.29 bits per heavy atom. The Kier molecular flexibility index (Phi) is 5.10. The van der Waals surface area contributed by atoms with Gasteiger partial charge in [0.1, 0.15) is 0 Å². The van der Waals surface area contributed by atoms with Gasteiger partial charge in [-0.15, -0.1) is 10.2 Å². The highest BCUT2D eigenvalue weighted by Gasteiger charge is 2.45. The molecular weight excluding hydrogens is 348 g/mol. The van der Waals surface area contributed by atoms with E-state index in [1.807, 2.05) is 56.6 Å². The smallest absolute Gasteiger partial charge is 0.169 e. The molecule has 3 saturated heterocycles. The summed E-state index contributed by atoms with van der Waals surface area (Å²) >= 11 is 0. The second-order valence-corrected chi connectivity index (χ2v) is 6.93. The van der Waals surface area contributed by atoms with Crippen LogP contribution in [0, 0.1) is 0 Å². The fourth-order valence-electron chi connectivity index (χ4n) is 4.14. The highest BCUT2D eigenvalue weighted by atomic mass is 15.4. The summed E-state index contributed by atoms with van der Waals surface area (Å²) in [5.41, 5.74) is 10.3. The van der Waals surface area contributed by atoms with Crippen LogP contribution in [0.15, 0.2) is 60.9 Å². The van der Waals surface area contributed by atoms with Gasteiger partial charge in [-0.05, 0) is 24.6 Å². The van der Waals surface area contributed by atoms with E-state index in [0.717, 1.165) is 30.0 Å². The van der Waals surface area contributed by atoms with E-state index in [0.29, 0.717) is 17.9 Å². The molecule has 5 heterocycles. The Morgan fingerprint density at radius 1 is 0.929 bits per heavy atom. The van der Waals surface area contributed by atoms with Gasteiger partial charge in [-0.1, -0.05) is 44.2 Å². The van der Waals surface area contributed by atoms with Gasteiger partial charge in [-0.3, -0.25) is 4.98 Å². The van der Waals surface area contributed by atoms with Crippen LogP contribution in [0.4, 0.5) is 17.2 Å². The Balaban J connectivity index is 0.000000932. The van der Waals surface area contributed by atoms with Crippen LogP contribution >= 0.6 is 0 Å². The number of piperazine rings is 1. The van der Waals surface area contributed by atoms with Crippen LogP contribution in [0.5, 0.6) is 0 Å². The number of aromatic nitrogens is 3. The van der Waals surface area contributed by atoms with Crippen molar-refractivity contribution in [1.29, 1.82) is 0 Å². The zero-order chi connectivity index (χ0) is 19.5. The summed E-state index contributed by atoms with van der Waals surface area (Å²) in [6.07, 6.45) is 4.94. The second-order valence-electron chi connectivity index (χ2n) is 6.93. The van der Waals surface area contributed by atoms with Crippen molar-refractivity contribution in [3.63, 3.8) is 0 Å². The van der Waals surface area contributed by atoms with Gasteiger partial charge in [0.2, 0.25) is 0 Å². The second kappa shape index (κ2) is 7.84. The summed E-state index contributed by atoms with van der Waals surface area (Å²) < 4.78 is 0. The van der Waals surface area contributed by atoms with Crippen LogP contribution < -0.4 is 15.5 Å². The van der Waals surface area contributed by atoms with Crippen molar-refractivity contribution in [2.45, 2.75) is 32.4 Å². The molecule has 3 aliphatic rings. The van der Waals surface area contributed by atoms with Crippen LogP contribution in [-0.2, 0) is 0 Å². The Morgan fingerprint density at radius 2 is 1.61 bits per heavy atom. The van der Waals surface area contributed by atoms with E-state index in [2.05, 4.69) is 43.2 Å². The molecule has 3 aromatic rings. The number of benzene rings is 1. The van der Waals surface area contributed by atoms with E-state index in [9.17, 15) is 0 Å². The average Bonchev–Trinajstić information content (AvgIpc) is 2.77. The molecule has 6 nitrogen and oxygen atoms in total. The predicted molar refractivity (Wildman–Crippen MR) is 114 cm³/mol. The number of nitrogens with two attached hydrogens (primary N) is 1. The van der Waals surface area contributed by atoms with Crippen LogP contribution in [0.2, 0.25) is 0 Å². The van der Waals surface area contributed by atoms with Gasteiger partial charge in [-0.25, -0.2) is 0 Å². The summed E-state index contributed by atoms with van der Waals surface area (Å²) in [4.78, 5) is 8.98. The van der Waals surface area contributed by atoms with Gasteiger partial charge >= 0.3 is 0 Å². The highest BCUT2D eigenvalue weighted by molar-refractivity contribution is 5.72. The van der Waals surface area contributed by atoms with Crippen molar-refractivity contribution in [3.8, 4) is 11.3 Å². The lowest BCUT2D eigenvalue weighted by molar-refractivity contribution is 0.291. The summed E-state index contributed by atoms with van der Waals surface area (Å²) in [5.74, 6) is 0.501. The summed E-state index contributed by atoms with van der Waals surface area (Å²) in [5, 5.41) is 8.49. The Labute approximate surface area is 166 Å². The third kappa shape index (κ3) is 3.26. The number of piperidine rings is 1. The Hall–Kier alpha value is -3.15. The number of nitrogen functional groups attached to an aromatic ring is 1. The van der Waals surface area contributed by atoms with Crippen LogP contribution in [-0.4, -0.2) is 40.4 Å². The minimum absolute atomic E-state index is 0.501. The first-order chi connectivity index (χ1) is 13.8. The van der Waals surface area contributed by atoms with Crippen LogP contribution in [0.25, 0.3) is 11.3 Å². The van der Waals surface area contributed by atoms with Gasteiger partial charge in [0.05, 0.1) is 11.4 Å². The minimum Gasteiger partial charge on any atom is -0.380 e. The topological polar surface area (TPSA) is 71.2 Å². The molecule has 28 heavy (non-hydrogen) atoms. The Bertz CT molecular complexity index is 903. The van der Waals surface area contributed by atoms with Gasteiger partial charge in [-0.2, -0.15) is 0 Å². The van der Waals surface area contributed by atoms with Crippen molar-refractivity contribution in [1.82, 2.24) is 15.2 Å². The number of pyridine rings is 1. The number of rotatable bonds is 3. The van der Waals surface area contributed by atoms with Crippen molar-refractivity contribution in [2.75, 3.05) is 28.6 Å². The normalized spacial score (nSPS) is 20.1. The van der Waals surface area contributed by atoms with E-state index in [4.69, 9.17) is 5.73 Å². The predicted octanol–water partition coefficient (Wildman–Crippen LogP) is 3.61. The largest absolute Gasteiger partial charge is 0.380 e. The van der Waals surface area contributed by atoms with Crippen molar-refractivity contribution >= 4 is 17.2 Å². The zero-order valence-corrected chi connectivity index (χ0v) is 16.4. The van der Waals surface area contributed by atoms with Gasteiger partial charge < -0.3 is 15.5 Å². The van der Waals surface area contributed by atoms with E-state index >= 15 is 0 Å². The fraction of sp³-hybridized carbons (Fsp3) is 0.318. The monoisotopic (exact) mass is 374 g/mol. The fourth-order valence-corrected chi connectivity index (χ4v) is 4.14. The molecule has 1 aromatic carbocycles. The highest BCUT2D eigenvalue weighted by Crippen LogP contribution is 2.39. The molecule has 0 aliphatic carbocycles. The summed E-state index contributed by atoms with van der Waals surface area (Å²) in [6, 6.07) is 17.4. The quantitative estimate of drug-likeness (QED) is 0.755. The third-order valence-corrected chi connectivity index (χ3v) is 5.37. The SMILES string of the molecule is CC.Nc1nnc(-c2ccccc2)cc1N1CC2CC(C1)N2c1ccncc1. The molecule has 144 valence electrons. The number of hydrogen-bond acceptors (Lipinski definition) is 6. The lowest BCUT2D eigenvalue weighted by Gasteiger charge is -2.58. The molecule has 2 aromatic heterocycles. The van der Waals surface area contributed by atoms with E-state index in [1.165, 1.54) is 12.1 Å². The minimum atomic E-state index is 0.501. The molecule has 2 atom stereocenters. The molecule has 6 rings (SSSR count). The summed E-state index contributed by atoms with van der Waals surface area (Å²) in [7, 11) is 0. The molecule has 0 saturated carbocycles. The molecule has 0 spiro atoms. The molecule has 6 heteroatoms. The van der Waals surface area contributed by atoms with Crippen molar-refractivity contribution in [2.24, 2.45) is 0 Å². The van der Waals surface area contributed by atoms with E-state index < -0.39 is 0 Å². The first-order valence-corrected chi connectivity index (χ1v) is 9.91.